The first-order valence-electron chi connectivity index (χ1n) is 6.82. The monoisotopic (exact) mass is 251 g/mol. The number of nitrogens with zero attached hydrogens (tertiary/aromatic N) is 3. The van der Waals surface area contributed by atoms with Crippen molar-refractivity contribution in [3.05, 3.63) is 18.2 Å². The van der Waals surface area contributed by atoms with Gasteiger partial charge >= 0.3 is 0 Å². The fraction of sp³-hybridized carbons (Fsp3) is 0.786. The average molecular weight is 251 g/mol. The Kier molecular flexibility index (Phi) is 4.40. The highest BCUT2D eigenvalue weighted by Gasteiger charge is 2.25. The minimum Gasteiger partial charge on any atom is -0.383 e. The molecule has 2 rings (SSSR count). The van der Waals surface area contributed by atoms with E-state index in [0.717, 1.165) is 25.5 Å². The molecule has 102 valence electrons. The van der Waals surface area contributed by atoms with Crippen molar-refractivity contribution < 1.29 is 4.74 Å². The van der Waals surface area contributed by atoms with Gasteiger partial charge in [0.1, 0.15) is 5.82 Å². The molecule has 1 fully saturated rings. The van der Waals surface area contributed by atoms with Crippen molar-refractivity contribution in [2.75, 3.05) is 26.8 Å². The third-order valence-corrected chi connectivity index (χ3v) is 3.91. The van der Waals surface area contributed by atoms with Crippen molar-refractivity contribution in [2.24, 2.45) is 5.41 Å². The maximum Gasteiger partial charge on any atom is 0.122 e. The van der Waals surface area contributed by atoms with Crippen LogP contribution in [0.15, 0.2) is 12.4 Å². The molecule has 2 heterocycles. The molecular weight excluding hydrogens is 226 g/mol. The second kappa shape index (κ2) is 5.85. The predicted molar refractivity (Wildman–Crippen MR) is 72.4 cm³/mol. The molecule has 1 aliphatic heterocycles. The largest absolute Gasteiger partial charge is 0.383 e. The lowest BCUT2D eigenvalue weighted by Crippen LogP contribution is -2.37. The van der Waals surface area contributed by atoms with Crippen LogP contribution in [0.4, 0.5) is 0 Å². The summed E-state index contributed by atoms with van der Waals surface area (Å²) in [7, 11) is 1.74. The summed E-state index contributed by atoms with van der Waals surface area (Å²) in [4.78, 5) is 6.98. The normalized spacial score (nSPS) is 20.2. The lowest BCUT2D eigenvalue weighted by Gasteiger charge is -2.36. The number of imidazole rings is 1. The molecule has 1 aliphatic rings. The Balaban J connectivity index is 1.88. The number of ether oxygens (including phenoxy) is 1. The fourth-order valence-corrected chi connectivity index (χ4v) is 2.40. The van der Waals surface area contributed by atoms with Gasteiger partial charge in [-0.3, -0.25) is 4.90 Å². The van der Waals surface area contributed by atoms with E-state index in [1.54, 1.807) is 7.11 Å². The zero-order valence-electron chi connectivity index (χ0n) is 11.9. The molecule has 0 aromatic carbocycles. The van der Waals surface area contributed by atoms with Crippen molar-refractivity contribution >= 4 is 0 Å². The molecule has 0 N–H and O–H groups in total. The van der Waals surface area contributed by atoms with E-state index in [9.17, 15) is 0 Å². The van der Waals surface area contributed by atoms with Gasteiger partial charge in [0, 0.05) is 26.0 Å². The van der Waals surface area contributed by atoms with E-state index in [1.807, 2.05) is 12.4 Å². The maximum atomic E-state index is 5.13. The van der Waals surface area contributed by atoms with Crippen molar-refractivity contribution in [3.8, 4) is 0 Å². The van der Waals surface area contributed by atoms with Gasteiger partial charge in [0.05, 0.1) is 13.2 Å². The zero-order valence-corrected chi connectivity index (χ0v) is 11.9. The Morgan fingerprint density at radius 3 is 2.72 bits per heavy atom. The van der Waals surface area contributed by atoms with Crippen LogP contribution in [-0.2, 0) is 17.8 Å². The predicted octanol–water partition coefficient (Wildman–Crippen LogP) is 2.15. The summed E-state index contributed by atoms with van der Waals surface area (Å²) < 4.78 is 7.32. The molecule has 0 unspecified atom stereocenters. The Labute approximate surface area is 110 Å². The quantitative estimate of drug-likeness (QED) is 0.803. The van der Waals surface area contributed by atoms with E-state index >= 15 is 0 Å². The summed E-state index contributed by atoms with van der Waals surface area (Å²) in [6.45, 7) is 9.70. The Morgan fingerprint density at radius 1 is 1.33 bits per heavy atom. The number of hydrogen-bond acceptors (Lipinski definition) is 3. The van der Waals surface area contributed by atoms with Crippen LogP contribution in [0.1, 0.15) is 32.5 Å². The Bertz CT molecular complexity index is 363. The Hall–Kier alpha value is -0.870. The van der Waals surface area contributed by atoms with Gasteiger partial charge in [0.15, 0.2) is 0 Å². The number of aromatic nitrogens is 2. The van der Waals surface area contributed by atoms with E-state index < -0.39 is 0 Å². The van der Waals surface area contributed by atoms with Gasteiger partial charge < -0.3 is 9.30 Å². The first kappa shape index (κ1) is 13.6. The molecule has 0 radical (unpaired) electrons. The second-order valence-corrected chi connectivity index (χ2v) is 5.97. The molecule has 1 aromatic rings. The molecule has 0 saturated carbocycles. The van der Waals surface area contributed by atoms with E-state index in [1.165, 1.54) is 25.9 Å². The molecule has 0 spiro atoms. The summed E-state index contributed by atoms with van der Waals surface area (Å²) in [5.41, 5.74) is 0.516. The third-order valence-electron chi connectivity index (χ3n) is 3.91. The van der Waals surface area contributed by atoms with Gasteiger partial charge in [-0.05, 0) is 31.3 Å². The van der Waals surface area contributed by atoms with Crippen LogP contribution in [0.25, 0.3) is 0 Å². The average Bonchev–Trinajstić information content (AvgIpc) is 2.77. The van der Waals surface area contributed by atoms with Crippen molar-refractivity contribution in [3.63, 3.8) is 0 Å². The maximum absolute atomic E-state index is 5.13. The van der Waals surface area contributed by atoms with E-state index in [-0.39, 0.29) is 0 Å². The lowest BCUT2D eigenvalue weighted by atomic mass is 9.83. The standard InChI is InChI=1S/C14H25N3O/c1-14(2)4-7-16(8-5-14)12-13-15-6-9-17(13)10-11-18-3/h6,9H,4-5,7-8,10-12H2,1-3H3. The molecular formula is C14H25N3O. The van der Waals surface area contributed by atoms with Crippen LogP contribution in [0, 0.1) is 5.41 Å². The second-order valence-electron chi connectivity index (χ2n) is 5.97. The highest BCUT2D eigenvalue weighted by molar-refractivity contribution is 4.93. The summed E-state index contributed by atoms with van der Waals surface area (Å²) in [6.07, 6.45) is 6.50. The first-order chi connectivity index (χ1) is 8.61. The summed E-state index contributed by atoms with van der Waals surface area (Å²) in [5, 5.41) is 0. The molecule has 0 aliphatic carbocycles. The summed E-state index contributed by atoms with van der Waals surface area (Å²) in [6, 6.07) is 0. The van der Waals surface area contributed by atoms with Gasteiger partial charge in [-0.1, -0.05) is 13.8 Å². The molecule has 18 heavy (non-hydrogen) atoms. The highest BCUT2D eigenvalue weighted by Crippen LogP contribution is 2.30. The van der Waals surface area contributed by atoms with E-state index in [2.05, 4.69) is 28.3 Å². The first-order valence-corrected chi connectivity index (χ1v) is 6.82. The number of likely N-dealkylation sites (tertiary alicyclic amines) is 1. The number of rotatable bonds is 5. The van der Waals surface area contributed by atoms with E-state index in [0.29, 0.717) is 5.41 Å². The van der Waals surface area contributed by atoms with Crippen LogP contribution in [0.3, 0.4) is 0 Å². The highest BCUT2D eigenvalue weighted by atomic mass is 16.5. The van der Waals surface area contributed by atoms with Crippen molar-refractivity contribution in [1.82, 2.24) is 14.5 Å². The van der Waals surface area contributed by atoms with Crippen LogP contribution < -0.4 is 0 Å². The van der Waals surface area contributed by atoms with Gasteiger partial charge in [-0.2, -0.15) is 0 Å². The molecule has 0 bridgehead atoms. The van der Waals surface area contributed by atoms with Crippen LogP contribution in [0.5, 0.6) is 0 Å². The lowest BCUT2D eigenvalue weighted by molar-refractivity contribution is 0.122. The minimum atomic E-state index is 0.516. The topological polar surface area (TPSA) is 30.3 Å². The van der Waals surface area contributed by atoms with Crippen LogP contribution >= 0.6 is 0 Å². The molecule has 0 amide bonds. The van der Waals surface area contributed by atoms with Crippen molar-refractivity contribution in [2.45, 2.75) is 39.8 Å². The number of piperidine rings is 1. The third kappa shape index (κ3) is 3.56. The summed E-state index contributed by atoms with van der Waals surface area (Å²) in [5.74, 6) is 1.16. The molecule has 0 atom stereocenters. The number of methoxy groups -OCH3 is 1. The van der Waals surface area contributed by atoms with Crippen molar-refractivity contribution in [1.29, 1.82) is 0 Å². The van der Waals surface area contributed by atoms with Gasteiger partial charge in [-0.15, -0.1) is 0 Å². The fourth-order valence-electron chi connectivity index (χ4n) is 2.40. The van der Waals surface area contributed by atoms with E-state index in [4.69, 9.17) is 4.74 Å². The number of hydrogen-bond donors (Lipinski definition) is 0. The van der Waals surface area contributed by atoms with Gasteiger partial charge in [-0.25, -0.2) is 4.98 Å². The summed E-state index contributed by atoms with van der Waals surface area (Å²) >= 11 is 0. The molecule has 1 aromatic heterocycles. The van der Waals surface area contributed by atoms with Crippen LogP contribution in [0.2, 0.25) is 0 Å². The minimum absolute atomic E-state index is 0.516. The molecule has 1 saturated heterocycles. The molecule has 4 heteroatoms. The zero-order chi connectivity index (χ0) is 13.0. The van der Waals surface area contributed by atoms with Crippen LogP contribution in [-0.4, -0.2) is 41.3 Å². The molecule has 4 nitrogen and oxygen atoms in total. The van der Waals surface area contributed by atoms with Gasteiger partial charge in [0.2, 0.25) is 0 Å². The smallest absolute Gasteiger partial charge is 0.122 e. The van der Waals surface area contributed by atoms with Gasteiger partial charge in [0.25, 0.3) is 0 Å². The Morgan fingerprint density at radius 2 is 2.06 bits per heavy atom. The SMILES string of the molecule is COCCn1ccnc1CN1CCC(C)(C)CC1.